The number of rotatable bonds is 2. The van der Waals surface area contributed by atoms with Crippen molar-refractivity contribution in [3.63, 3.8) is 0 Å². The Hall–Kier alpha value is -1.52. The minimum absolute atomic E-state index is 0.00343. The van der Waals surface area contributed by atoms with Crippen molar-refractivity contribution >= 4 is 6.03 Å². The highest BCUT2D eigenvalue weighted by Gasteiger charge is 2.22. The highest BCUT2D eigenvalue weighted by molar-refractivity contribution is 5.74. The van der Waals surface area contributed by atoms with Crippen LogP contribution in [0.1, 0.15) is 24.7 Å². The van der Waals surface area contributed by atoms with Crippen LogP contribution in [0.2, 0.25) is 0 Å². The minimum Gasteiger partial charge on any atom is -0.361 e. The summed E-state index contributed by atoms with van der Waals surface area (Å²) in [6.07, 6.45) is 3.40. The molecule has 0 aliphatic carbocycles. The lowest BCUT2D eigenvalue weighted by molar-refractivity contribution is 0.189. The number of urea groups is 1. The predicted molar refractivity (Wildman–Crippen MR) is 54.3 cm³/mol. The van der Waals surface area contributed by atoms with Gasteiger partial charge in [-0.25, -0.2) is 4.79 Å². The molecule has 0 saturated heterocycles. The standard InChI is InChI=1S/C10H15N3O2/c1-2-4-11-10(14)13-5-3-9-8(7-13)6-12-15-9/h6H,2-5,7H2,1H3,(H,11,14). The number of fused-ring (bicyclic) bond motifs is 1. The minimum atomic E-state index is 0.00343. The van der Waals surface area contributed by atoms with E-state index >= 15 is 0 Å². The van der Waals surface area contributed by atoms with Gasteiger partial charge < -0.3 is 14.7 Å². The summed E-state index contributed by atoms with van der Waals surface area (Å²) >= 11 is 0. The lowest BCUT2D eigenvalue weighted by Gasteiger charge is -2.25. The zero-order chi connectivity index (χ0) is 10.7. The lowest BCUT2D eigenvalue weighted by atomic mass is 10.1. The van der Waals surface area contributed by atoms with E-state index in [1.54, 1.807) is 11.1 Å². The van der Waals surface area contributed by atoms with Crippen molar-refractivity contribution in [2.45, 2.75) is 26.3 Å². The van der Waals surface area contributed by atoms with Crippen LogP contribution in [-0.2, 0) is 13.0 Å². The van der Waals surface area contributed by atoms with Gasteiger partial charge >= 0.3 is 6.03 Å². The Morgan fingerprint density at radius 3 is 3.40 bits per heavy atom. The third-order valence-electron chi connectivity index (χ3n) is 2.51. The number of carbonyl (C=O) groups is 1. The molecule has 0 radical (unpaired) electrons. The molecule has 0 aromatic carbocycles. The number of nitrogens with zero attached hydrogens (tertiary/aromatic N) is 2. The summed E-state index contributed by atoms with van der Waals surface area (Å²) in [7, 11) is 0. The highest BCUT2D eigenvalue weighted by atomic mass is 16.5. The summed E-state index contributed by atoms with van der Waals surface area (Å²) in [6, 6.07) is 0.00343. The third kappa shape index (κ3) is 2.11. The second-order valence-corrected chi connectivity index (χ2v) is 3.68. The van der Waals surface area contributed by atoms with E-state index in [4.69, 9.17) is 4.52 Å². The van der Waals surface area contributed by atoms with Gasteiger partial charge in [-0.05, 0) is 6.42 Å². The Bertz CT molecular complexity index is 348. The Kier molecular flexibility index (Phi) is 2.89. The summed E-state index contributed by atoms with van der Waals surface area (Å²) in [5, 5.41) is 6.59. The fourth-order valence-electron chi connectivity index (χ4n) is 1.66. The van der Waals surface area contributed by atoms with Gasteiger partial charge in [-0.3, -0.25) is 0 Å². The number of hydrogen-bond acceptors (Lipinski definition) is 3. The number of nitrogens with one attached hydrogen (secondary N) is 1. The zero-order valence-electron chi connectivity index (χ0n) is 8.82. The molecule has 1 aliphatic rings. The van der Waals surface area contributed by atoms with Gasteiger partial charge in [0.25, 0.3) is 0 Å². The van der Waals surface area contributed by atoms with E-state index in [1.807, 2.05) is 6.92 Å². The van der Waals surface area contributed by atoms with Gasteiger partial charge in [0.15, 0.2) is 0 Å². The van der Waals surface area contributed by atoms with Gasteiger partial charge in [0, 0.05) is 25.1 Å². The van der Waals surface area contributed by atoms with Crippen LogP contribution >= 0.6 is 0 Å². The number of aromatic nitrogens is 1. The molecule has 82 valence electrons. The van der Waals surface area contributed by atoms with Crippen molar-refractivity contribution in [3.8, 4) is 0 Å². The molecule has 2 heterocycles. The fraction of sp³-hybridized carbons (Fsp3) is 0.600. The summed E-state index contributed by atoms with van der Waals surface area (Å²) in [6.45, 7) is 4.08. The van der Waals surface area contributed by atoms with Crippen molar-refractivity contribution < 1.29 is 9.32 Å². The molecular weight excluding hydrogens is 194 g/mol. The van der Waals surface area contributed by atoms with Crippen LogP contribution in [0.15, 0.2) is 10.7 Å². The second-order valence-electron chi connectivity index (χ2n) is 3.68. The van der Waals surface area contributed by atoms with Crippen molar-refractivity contribution in [2.75, 3.05) is 13.1 Å². The van der Waals surface area contributed by atoms with Gasteiger partial charge in [0.2, 0.25) is 0 Å². The molecule has 0 fully saturated rings. The highest BCUT2D eigenvalue weighted by Crippen LogP contribution is 2.17. The maximum Gasteiger partial charge on any atom is 0.317 e. The third-order valence-corrected chi connectivity index (χ3v) is 2.51. The maximum absolute atomic E-state index is 11.7. The molecular formula is C10H15N3O2. The van der Waals surface area contributed by atoms with Gasteiger partial charge in [0.1, 0.15) is 5.76 Å². The molecule has 5 heteroatoms. The fourth-order valence-corrected chi connectivity index (χ4v) is 1.66. The maximum atomic E-state index is 11.7. The van der Waals surface area contributed by atoms with E-state index < -0.39 is 0 Å². The second kappa shape index (κ2) is 4.33. The van der Waals surface area contributed by atoms with E-state index in [2.05, 4.69) is 10.5 Å². The Balaban J connectivity index is 1.94. The van der Waals surface area contributed by atoms with Crippen LogP contribution in [0, 0.1) is 0 Å². The van der Waals surface area contributed by atoms with E-state index in [0.29, 0.717) is 13.1 Å². The van der Waals surface area contributed by atoms with Gasteiger partial charge in [-0.2, -0.15) is 0 Å². The molecule has 2 amide bonds. The van der Waals surface area contributed by atoms with Crippen molar-refractivity contribution in [1.82, 2.24) is 15.4 Å². The van der Waals surface area contributed by atoms with Crippen LogP contribution in [0.25, 0.3) is 0 Å². The first-order valence-electron chi connectivity index (χ1n) is 5.26. The van der Waals surface area contributed by atoms with Crippen LogP contribution in [0.4, 0.5) is 4.79 Å². The van der Waals surface area contributed by atoms with Gasteiger partial charge in [-0.15, -0.1) is 0 Å². The summed E-state index contributed by atoms with van der Waals surface area (Å²) in [4.78, 5) is 13.4. The first-order chi connectivity index (χ1) is 7.31. The molecule has 0 saturated carbocycles. The Morgan fingerprint density at radius 1 is 1.73 bits per heavy atom. The average molecular weight is 209 g/mol. The van der Waals surface area contributed by atoms with E-state index in [9.17, 15) is 4.79 Å². The molecule has 0 atom stereocenters. The quantitative estimate of drug-likeness (QED) is 0.795. The molecule has 1 aromatic rings. The summed E-state index contributed by atoms with van der Waals surface area (Å²) < 4.78 is 5.06. The molecule has 2 rings (SSSR count). The van der Waals surface area contributed by atoms with Gasteiger partial charge in [0.05, 0.1) is 12.7 Å². The van der Waals surface area contributed by atoms with Crippen molar-refractivity contribution in [2.24, 2.45) is 0 Å². The molecule has 15 heavy (non-hydrogen) atoms. The molecule has 0 unspecified atom stereocenters. The Labute approximate surface area is 88.4 Å². The van der Waals surface area contributed by atoms with Crippen LogP contribution in [0.5, 0.6) is 0 Å². The number of amides is 2. The molecule has 0 bridgehead atoms. The smallest absolute Gasteiger partial charge is 0.317 e. The van der Waals surface area contributed by atoms with Crippen molar-refractivity contribution in [1.29, 1.82) is 0 Å². The zero-order valence-corrected chi connectivity index (χ0v) is 8.82. The van der Waals surface area contributed by atoms with E-state index in [0.717, 1.165) is 30.7 Å². The van der Waals surface area contributed by atoms with E-state index in [-0.39, 0.29) is 6.03 Å². The SMILES string of the molecule is CCCNC(=O)N1CCc2oncc2C1. The molecule has 1 N–H and O–H groups in total. The monoisotopic (exact) mass is 209 g/mol. The average Bonchev–Trinajstić information content (AvgIpc) is 2.72. The first kappa shape index (κ1) is 10.0. The van der Waals surface area contributed by atoms with Crippen molar-refractivity contribution in [3.05, 3.63) is 17.5 Å². The molecule has 1 aromatic heterocycles. The largest absolute Gasteiger partial charge is 0.361 e. The topological polar surface area (TPSA) is 58.4 Å². The predicted octanol–water partition coefficient (Wildman–Crippen LogP) is 1.15. The molecule has 0 spiro atoms. The molecule has 1 aliphatic heterocycles. The van der Waals surface area contributed by atoms with E-state index in [1.165, 1.54) is 0 Å². The lowest BCUT2D eigenvalue weighted by Crippen LogP contribution is -2.42. The summed E-state index contributed by atoms with van der Waals surface area (Å²) in [5.41, 5.74) is 1.02. The normalized spacial score (nSPS) is 14.9. The number of carbonyl (C=O) groups excluding carboxylic acids is 1. The van der Waals surface area contributed by atoms with Crippen LogP contribution in [-0.4, -0.2) is 29.2 Å². The first-order valence-corrected chi connectivity index (χ1v) is 5.26. The Morgan fingerprint density at radius 2 is 2.60 bits per heavy atom. The van der Waals surface area contributed by atoms with Crippen LogP contribution < -0.4 is 5.32 Å². The summed E-state index contributed by atoms with van der Waals surface area (Å²) in [5.74, 6) is 0.912. The van der Waals surface area contributed by atoms with Crippen LogP contribution in [0.3, 0.4) is 0 Å². The number of hydrogen-bond donors (Lipinski definition) is 1. The molecule has 5 nitrogen and oxygen atoms in total. The van der Waals surface area contributed by atoms with Gasteiger partial charge in [-0.1, -0.05) is 12.1 Å².